The molecule has 0 aliphatic heterocycles. The molecule has 3 aromatic carbocycles. The van der Waals surface area contributed by atoms with E-state index in [2.05, 4.69) is 10.3 Å². The molecule has 0 radical (unpaired) electrons. The number of carbonyl (C=O) groups excluding carboxylic acids is 1. The number of carbonyl (C=O) groups is 1. The first-order valence-corrected chi connectivity index (χ1v) is 8.25. The zero-order valence-electron chi connectivity index (χ0n) is 13.5. The molecule has 0 bridgehead atoms. The van der Waals surface area contributed by atoms with E-state index in [4.69, 9.17) is 20.8 Å². The van der Waals surface area contributed by atoms with Gasteiger partial charge in [0.15, 0.2) is 5.58 Å². The van der Waals surface area contributed by atoms with E-state index in [1.165, 1.54) is 0 Å². The topological polar surface area (TPSA) is 64.4 Å². The van der Waals surface area contributed by atoms with Crippen LogP contribution in [-0.2, 0) is 0 Å². The first kappa shape index (κ1) is 16.2. The molecule has 128 valence electrons. The van der Waals surface area contributed by atoms with Gasteiger partial charge in [-0.05, 0) is 48.5 Å². The number of halogens is 1. The predicted octanol–water partition coefficient (Wildman–Crippen LogP) is 5.76. The van der Waals surface area contributed by atoms with Crippen LogP contribution >= 0.6 is 11.6 Å². The Morgan fingerprint density at radius 1 is 1.00 bits per heavy atom. The molecule has 1 aromatic heterocycles. The van der Waals surface area contributed by atoms with Crippen molar-refractivity contribution in [2.24, 2.45) is 0 Å². The third-order valence-electron chi connectivity index (χ3n) is 3.68. The molecule has 1 N–H and O–H groups in total. The van der Waals surface area contributed by atoms with Gasteiger partial charge in [0.1, 0.15) is 11.3 Å². The number of nitrogens with zero attached hydrogens (tertiary/aromatic N) is 1. The van der Waals surface area contributed by atoms with E-state index in [9.17, 15) is 4.79 Å². The van der Waals surface area contributed by atoms with Crippen molar-refractivity contribution in [1.82, 2.24) is 4.98 Å². The van der Waals surface area contributed by atoms with Crippen LogP contribution in [0.25, 0.3) is 22.6 Å². The van der Waals surface area contributed by atoms with Crippen molar-refractivity contribution < 1.29 is 13.9 Å². The van der Waals surface area contributed by atoms with E-state index >= 15 is 0 Å². The third-order valence-corrected chi connectivity index (χ3v) is 3.93. The molecule has 5 nitrogen and oxygen atoms in total. The number of anilines is 1. The second kappa shape index (κ2) is 6.90. The van der Waals surface area contributed by atoms with Gasteiger partial charge in [0.05, 0.1) is 0 Å². The van der Waals surface area contributed by atoms with Gasteiger partial charge >= 0.3 is 6.09 Å². The molecule has 0 fully saturated rings. The Morgan fingerprint density at radius 3 is 2.54 bits per heavy atom. The molecule has 0 spiro atoms. The van der Waals surface area contributed by atoms with E-state index in [1.54, 1.807) is 42.5 Å². The molecule has 0 aliphatic carbocycles. The van der Waals surface area contributed by atoms with Gasteiger partial charge in [-0.2, -0.15) is 0 Å². The van der Waals surface area contributed by atoms with Crippen molar-refractivity contribution in [2.45, 2.75) is 0 Å². The lowest BCUT2D eigenvalue weighted by atomic mass is 10.2. The van der Waals surface area contributed by atoms with Gasteiger partial charge in [-0.25, -0.2) is 9.78 Å². The maximum absolute atomic E-state index is 12.0. The lowest BCUT2D eigenvalue weighted by molar-refractivity contribution is 0.215. The van der Waals surface area contributed by atoms with E-state index in [-0.39, 0.29) is 0 Å². The van der Waals surface area contributed by atoms with Crippen LogP contribution in [0.2, 0.25) is 5.02 Å². The Labute approximate surface area is 154 Å². The highest BCUT2D eigenvalue weighted by molar-refractivity contribution is 6.30. The molecule has 4 aromatic rings. The molecule has 26 heavy (non-hydrogen) atoms. The lowest BCUT2D eigenvalue weighted by Crippen LogP contribution is -2.16. The van der Waals surface area contributed by atoms with Crippen LogP contribution < -0.4 is 10.1 Å². The average Bonchev–Trinajstić information content (AvgIpc) is 3.08. The lowest BCUT2D eigenvalue weighted by Gasteiger charge is -2.06. The Morgan fingerprint density at radius 2 is 1.77 bits per heavy atom. The van der Waals surface area contributed by atoms with E-state index < -0.39 is 6.09 Å². The van der Waals surface area contributed by atoms with Crippen LogP contribution in [-0.4, -0.2) is 11.1 Å². The minimum absolute atomic E-state index is 0.361. The Hall–Kier alpha value is -3.31. The number of rotatable bonds is 3. The smallest absolute Gasteiger partial charge is 0.417 e. The van der Waals surface area contributed by atoms with Gasteiger partial charge in [-0.15, -0.1) is 0 Å². The van der Waals surface area contributed by atoms with Crippen LogP contribution in [0.5, 0.6) is 5.75 Å². The number of hydrogen-bond donors (Lipinski definition) is 1. The summed E-state index contributed by atoms with van der Waals surface area (Å²) in [6, 6.07) is 21.4. The summed E-state index contributed by atoms with van der Waals surface area (Å²) in [7, 11) is 0. The number of oxazole rings is 1. The summed E-state index contributed by atoms with van der Waals surface area (Å²) < 4.78 is 11.1. The minimum Gasteiger partial charge on any atom is -0.436 e. The van der Waals surface area contributed by atoms with Crippen molar-refractivity contribution >= 4 is 34.5 Å². The summed E-state index contributed by atoms with van der Waals surface area (Å²) in [5.74, 6) is 0.878. The summed E-state index contributed by atoms with van der Waals surface area (Å²) in [4.78, 5) is 16.5. The van der Waals surface area contributed by atoms with Gasteiger partial charge in [0.25, 0.3) is 0 Å². The van der Waals surface area contributed by atoms with Gasteiger partial charge in [-0.3, -0.25) is 5.32 Å². The fourth-order valence-corrected chi connectivity index (χ4v) is 2.58. The fraction of sp³-hybridized carbons (Fsp3) is 0. The monoisotopic (exact) mass is 364 g/mol. The normalized spacial score (nSPS) is 10.7. The summed E-state index contributed by atoms with van der Waals surface area (Å²) in [6.07, 6.45) is -0.602. The number of hydrogen-bond acceptors (Lipinski definition) is 4. The minimum atomic E-state index is -0.602. The molecule has 0 saturated carbocycles. The number of fused-ring (bicyclic) bond motifs is 1. The molecule has 4 rings (SSSR count). The first-order valence-electron chi connectivity index (χ1n) is 7.88. The maximum Gasteiger partial charge on any atom is 0.417 e. The van der Waals surface area contributed by atoms with Crippen LogP contribution in [0.1, 0.15) is 0 Å². The van der Waals surface area contributed by atoms with Crippen LogP contribution in [0.4, 0.5) is 10.5 Å². The van der Waals surface area contributed by atoms with Gasteiger partial charge in [0.2, 0.25) is 5.89 Å². The summed E-state index contributed by atoms with van der Waals surface area (Å²) in [5.41, 5.74) is 2.70. The number of aromatic nitrogens is 1. The van der Waals surface area contributed by atoms with Crippen LogP contribution in [0, 0.1) is 0 Å². The third kappa shape index (κ3) is 3.53. The first-order chi connectivity index (χ1) is 12.7. The molecule has 6 heteroatoms. The average molecular weight is 365 g/mol. The number of ether oxygens (including phenoxy) is 1. The molecule has 0 unspecified atom stereocenters. The maximum atomic E-state index is 12.0. The zero-order valence-corrected chi connectivity index (χ0v) is 14.2. The Bertz CT molecular complexity index is 1060. The number of nitrogens with one attached hydrogen (secondary N) is 1. The highest BCUT2D eigenvalue weighted by atomic mass is 35.5. The van der Waals surface area contributed by atoms with E-state index in [1.807, 2.05) is 30.3 Å². The fourth-order valence-electron chi connectivity index (χ4n) is 2.46. The highest BCUT2D eigenvalue weighted by Crippen LogP contribution is 2.27. The van der Waals surface area contributed by atoms with Crippen molar-refractivity contribution in [1.29, 1.82) is 0 Å². The van der Waals surface area contributed by atoms with Gasteiger partial charge in [0, 0.05) is 22.3 Å². The zero-order chi connectivity index (χ0) is 17.9. The summed E-state index contributed by atoms with van der Waals surface area (Å²) in [5, 5.41) is 3.22. The highest BCUT2D eigenvalue weighted by Gasteiger charge is 2.11. The number of benzene rings is 3. The molecular formula is C20H13ClN2O3. The Balaban J connectivity index is 1.52. The Kier molecular flexibility index (Phi) is 4.29. The second-order valence-corrected chi connectivity index (χ2v) is 5.97. The summed E-state index contributed by atoms with van der Waals surface area (Å²) in [6.45, 7) is 0. The summed E-state index contributed by atoms with van der Waals surface area (Å²) >= 11 is 5.82. The van der Waals surface area contributed by atoms with Gasteiger partial charge in [-0.1, -0.05) is 29.8 Å². The molecule has 0 atom stereocenters. The van der Waals surface area contributed by atoms with Crippen LogP contribution in [0.15, 0.2) is 77.2 Å². The largest absolute Gasteiger partial charge is 0.436 e. The van der Waals surface area contributed by atoms with Crippen molar-refractivity contribution in [2.75, 3.05) is 5.32 Å². The SMILES string of the molecule is O=C(Nc1ccc(Cl)cc1)Oc1ccc2nc(-c3ccccc3)oc2c1. The molecule has 1 heterocycles. The van der Waals surface area contributed by atoms with Gasteiger partial charge < -0.3 is 9.15 Å². The molecule has 0 aliphatic rings. The van der Waals surface area contributed by atoms with E-state index in [0.29, 0.717) is 33.4 Å². The molecular weight excluding hydrogens is 352 g/mol. The second-order valence-electron chi connectivity index (χ2n) is 5.54. The standard InChI is InChI=1S/C20H13ClN2O3/c21-14-6-8-15(9-7-14)22-20(24)25-16-10-11-17-18(12-16)26-19(23-17)13-4-2-1-3-5-13/h1-12H,(H,22,24). The quantitative estimate of drug-likeness (QED) is 0.502. The van der Waals surface area contributed by atoms with Crippen molar-refractivity contribution in [3.8, 4) is 17.2 Å². The van der Waals surface area contributed by atoms with Crippen molar-refractivity contribution in [3.05, 3.63) is 77.8 Å². The van der Waals surface area contributed by atoms with Crippen molar-refractivity contribution in [3.63, 3.8) is 0 Å². The van der Waals surface area contributed by atoms with E-state index in [0.717, 1.165) is 5.56 Å². The molecule has 1 amide bonds. The van der Waals surface area contributed by atoms with Crippen LogP contribution in [0.3, 0.4) is 0 Å². The predicted molar refractivity (Wildman–Crippen MR) is 101 cm³/mol. The molecule has 0 saturated heterocycles. The number of amides is 1.